The number of rotatable bonds is 4. The number of nitrogens with zero attached hydrogens (tertiary/aromatic N) is 1. The van der Waals surface area contributed by atoms with Crippen LogP contribution in [-0.2, 0) is 4.74 Å². The van der Waals surface area contributed by atoms with E-state index in [2.05, 4.69) is 45.1 Å². The molecule has 0 bridgehead atoms. The summed E-state index contributed by atoms with van der Waals surface area (Å²) in [6.45, 7) is 9.77. The predicted octanol–water partition coefficient (Wildman–Crippen LogP) is 1.34. The molecule has 0 aliphatic carbocycles. The lowest BCUT2D eigenvalue weighted by molar-refractivity contribution is 0.135. The van der Waals surface area contributed by atoms with Crippen molar-refractivity contribution < 1.29 is 4.74 Å². The molecule has 0 saturated carbocycles. The van der Waals surface area contributed by atoms with Crippen LogP contribution in [0.5, 0.6) is 0 Å². The SMILES string of the molecule is CNC(CN(C)C1CCOC1)C(C)(C)C. The molecular weight excluding hydrogens is 188 g/mol. The maximum Gasteiger partial charge on any atom is 0.0622 e. The number of ether oxygens (including phenoxy) is 1. The van der Waals surface area contributed by atoms with Gasteiger partial charge in [0.25, 0.3) is 0 Å². The topological polar surface area (TPSA) is 24.5 Å². The molecule has 1 heterocycles. The molecule has 0 amide bonds. The fourth-order valence-electron chi connectivity index (χ4n) is 2.10. The third-order valence-electron chi connectivity index (χ3n) is 3.39. The van der Waals surface area contributed by atoms with Gasteiger partial charge in [0.1, 0.15) is 0 Å². The van der Waals surface area contributed by atoms with Crippen molar-refractivity contribution in [1.29, 1.82) is 0 Å². The highest BCUT2D eigenvalue weighted by Crippen LogP contribution is 2.21. The van der Waals surface area contributed by atoms with Gasteiger partial charge >= 0.3 is 0 Å². The Bertz CT molecular complexity index is 183. The Morgan fingerprint density at radius 2 is 2.13 bits per heavy atom. The highest BCUT2D eigenvalue weighted by Gasteiger charge is 2.27. The highest BCUT2D eigenvalue weighted by atomic mass is 16.5. The van der Waals surface area contributed by atoms with Crippen molar-refractivity contribution >= 4 is 0 Å². The monoisotopic (exact) mass is 214 g/mol. The fourth-order valence-corrected chi connectivity index (χ4v) is 2.10. The van der Waals surface area contributed by atoms with Gasteiger partial charge in [0, 0.05) is 25.2 Å². The van der Waals surface area contributed by atoms with Crippen molar-refractivity contribution in [2.75, 3.05) is 33.9 Å². The predicted molar refractivity (Wildman–Crippen MR) is 64.2 cm³/mol. The summed E-state index contributed by atoms with van der Waals surface area (Å²) in [7, 11) is 4.25. The molecule has 2 unspecified atom stereocenters. The van der Waals surface area contributed by atoms with E-state index in [1.165, 1.54) is 6.42 Å². The van der Waals surface area contributed by atoms with Crippen LogP contribution in [0.3, 0.4) is 0 Å². The molecule has 2 atom stereocenters. The molecule has 0 radical (unpaired) electrons. The molecule has 3 nitrogen and oxygen atoms in total. The third kappa shape index (κ3) is 3.74. The second kappa shape index (κ2) is 5.28. The van der Waals surface area contributed by atoms with Crippen molar-refractivity contribution in [2.24, 2.45) is 5.41 Å². The maximum absolute atomic E-state index is 5.42. The molecule has 1 aliphatic rings. The maximum atomic E-state index is 5.42. The normalized spacial score (nSPS) is 24.8. The van der Waals surface area contributed by atoms with Crippen LogP contribution in [0.1, 0.15) is 27.2 Å². The Balaban J connectivity index is 2.43. The van der Waals surface area contributed by atoms with Gasteiger partial charge in [0.15, 0.2) is 0 Å². The van der Waals surface area contributed by atoms with Gasteiger partial charge in [-0.2, -0.15) is 0 Å². The standard InChI is InChI=1S/C12H26N2O/c1-12(2,3)11(13-4)8-14(5)10-6-7-15-9-10/h10-11,13H,6-9H2,1-5H3. The summed E-state index contributed by atoms with van der Waals surface area (Å²) in [6, 6.07) is 1.14. The van der Waals surface area contributed by atoms with E-state index in [1.54, 1.807) is 0 Å². The van der Waals surface area contributed by atoms with Crippen molar-refractivity contribution in [2.45, 2.75) is 39.3 Å². The van der Waals surface area contributed by atoms with Gasteiger partial charge in [-0.05, 0) is 25.9 Å². The van der Waals surface area contributed by atoms with E-state index in [-0.39, 0.29) is 0 Å². The summed E-state index contributed by atoms with van der Waals surface area (Å²) < 4.78 is 5.42. The molecular formula is C12H26N2O. The molecule has 1 fully saturated rings. The van der Waals surface area contributed by atoms with Gasteiger partial charge in [-0.1, -0.05) is 20.8 Å². The van der Waals surface area contributed by atoms with E-state index in [0.717, 1.165) is 19.8 Å². The quantitative estimate of drug-likeness (QED) is 0.764. The van der Waals surface area contributed by atoms with E-state index < -0.39 is 0 Å². The minimum Gasteiger partial charge on any atom is -0.380 e. The lowest BCUT2D eigenvalue weighted by Gasteiger charge is -2.35. The zero-order valence-corrected chi connectivity index (χ0v) is 10.8. The summed E-state index contributed by atoms with van der Waals surface area (Å²) in [6.07, 6.45) is 1.18. The van der Waals surface area contributed by atoms with Crippen LogP contribution < -0.4 is 5.32 Å². The van der Waals surface area contributed by atoms with Crippen LogP contribution in [0.4, 0.5) is 0 Å². The summed E-state index contributed by atoms with van der Waals surface area (Å²) in [5.74, 6) is 0. The van der Waals surface area contributed by atoms with Crippen LogP contribution in [0.25, 0.3) is 0 Å². The Labute approximate surface area is 94.2 Å². The summed E-state index contributed by atoms with van der Waals surface area (Å²) in [4.78, 5) is 2.43. The van der Waals surface area contributed by atoms with Crippen molar-refractivity contribution in [3.63, 3.8) is 0 Å². The van der Waals surface area contributed by atoms with Gasteiger partial charge < -0.3 is 10.1 Å². The van der Waals surface area contributed by atoms with E-state index in [0.29, 0.717) is 17.5 Å². The first kappa shape index (κ1) is 12.9. The Kier molecular flexibility index (Phi) is 4.56. The minimum absolute atomic E-state index is 0.308. The van der Waals surface area contributed by atoms with Gasteiger partial charge in [-0.25, -0.2) is 0 Å². The van der Waals surface area contributed by atoms with Crippen LogP contribution in [-0.4, -0.2) is 50.8 Å². The molecule has 0 aromatic carbocycles. The van der Waals surface area contributed by atoms with E-state index >= 15 is 0 Å². The largest absolute Gasteiger partial charge is 0.380 e. The van der Waals surface area contributed by atoms with Gasteiger partial charge in [-0.15, -0.1) is 0 Å². The first-order valence-electron chi connectivity index (χ1n) is 5.90. The Hall–Kier alpha value is -0.120. The number of hydrogen-bond acceptors (Lipinski definition) is 3. The summed E-state index contributed by atoms with van der Waals surface area (Å²) >= 11 is 0. The van der Waals surface area contributed by atoms with Crippen LogP contribution in [0.15, 0.2) is 0 Å². The average molecular weight is 214 g/mol. The first-order chi connectivity index (χ1) is 6.95. The second-order valence-corrected chi connectivity index (χ2v) is 5.66. The number of nitrogens with one attached hydrogen (secondary N) is 1. The third-order valence-corrected chi connectivity index (χ3v) is 3.39. The van der Waals surface area contributed by atoms with Crippen LogP contribution in [0.2, 0.25) is 0 Å². The zero-order valence-electron chi connectivity index (χ0n) is 10.8. The van der Waals surface area contributed by atoms with Crippen molar-refractivity contribution in [3.05, 3.63) is 0 Å². The average Bonchev–Trinajstić information content (AvgIpc) is 2.64. The van der Waals surface area contributed by atoms with Crippen LogP contribution >= 0.6 is 0 Å². The first-order valence-corrected chi connectivity index (χ1v) is 5.90. The molecule has 1 rings (SSSR count). The van der Waals surface area contributed by atoms with E-state index in [1.807, 2.05) is 0 Å². The molecule has 1 N–H and O–H groups in total. The smallest absolute Gasteiger partial charge is 0.0622 e. The molecule has 90 valence electrons. The van der Waals surface area contributed by atoms with Crippen LogP contribution in [0, 0.1) is 5.41 Å². The van der Waals surface area contributed by atoms with Gasteiger partial charge in [0.2, 0.25) is 0 Å². The summed E-state index contributed by atoms with van der Waals surface area (Å²) in [5.41, 5.74) is 0.308. The number of likely N-dealkylation sites (N-methyl/N-ethyl adjacent to an activating group) is 2. The Morgan fingerprint density at radius 1 is 1.47 bits per heavy atom. The Morgan fingerprint density at radius 3 is 2.53 bits per heavy atom. The van der Waals surface area contributed by atoms with E-state index in [4.69, 9.17) is 4.74 Å². The molecule has 0 aromatic rings. The molecule has 15 heavy (non-hydrogen) atoms. The minimum atomic E-state index is 0.308. The zero-order chi connectivity index (χ0) is 11.5. The van der Waals surface area contributed by atoms with Crippen molar-refractivity contribution in [3.8, 4) is 0 Å². The second-order valence-electron chi connectivity index (χ2n) is 5.66. The number of hydrogen-bond donors (Lipinski definition) is 1. The summed E-state index contributed by atoms with van der Waals surface area (Å²) in [5, 5.41) is 3.41. The molecule has 1 saturated heterocycles. The van der Waals surface area contributed by atoms with Gasteiger partial charge in [0.05, 0.1) is 6.61 Å². The fraction of sp³-hybridized carbons (Fsp3) is 1.00. The molecule has 1 aliphatic heterocycles. The molecule has 0 spiro atoms. The van der Waals surface area contributed by atoms with Gasteiger partial charge in [-0.3, -0.25) is 4.90 Å². The highest BCUT2D eigenvalue weighted by molar-refractivity contribution is 4.84. The lowest BCUT2D eigenvalue weighted by atomic mass is 9.86. The lowest BCUT2D eigenvalue weighted by Crippen LogP contribution is -2.48. The van der Waals surface area contributed by atoms with E-state index in [9.17, 15) is 0 Å². The van der Waals surface area contributed by atoms with Crippen molar-refractivity contribution in [1.82, 2.24) is 10.2 Å². The molecule has 0 aromatic heterocycles. The molecule has 3 heteroatoms.